The number of hydrogen-bond acceptors (Lipinski definition) is 3. The Morgan fingerprint density at radius 2 is 1.58 bits per heavy atom. The highest BCUT2D eigenvalue weighted by molar-refractivity contribution is 7.57. The Balaban J connectivity index is 4.42. The van der Waals surface area contributed by atoms with E-state index in [2.05, 4.69) is 19.6 Å². The van der Waals surface area contributed by atoms with E-state index >= 15 is 0 Å². The summed E-state index contributed by atoms with van der Waals surface area (Å²) in [5.74, 6) is 1.55. The number of hydrogen-bond donors (Lipinski definition) is 0. The van der Waals surface area contributed by atoms with Crippen molar-refractivity contribution in [2.45, 2.75) is 19.6 Å². The fraction of sp³-hybridized carbons (Fsp3) is 0.714. The Morgan fingerprint density at radius 1 is 1.17 bits per heavy atom. The molecule has 0 saturated heterocycles. The van der Waals surface area contributed by atoms with E-state index in [1.165, 1.54) is 14.2 Å². The quantitative estimate of drug-likeness (QED) is 0.526. The van der Waals surface area contributed by atoms with E-state index < -0.39 is 15.7 Å². The molecule has 12 heavy (non-hydrogen) atoms. The highest BCUT2D eigenvalue weighted by atomic mass is 31.2. The zero-order valence-corrected chi connectivity index (χ0v) is 10.2. The SMILES string of the molecule is COP(=O)(/C=C/[Si](C)(C)C)OC. The summed E-state index contributed by atoms with van der Waals surface area (Å²) in [4.78, 5) is 0. The third-order valence-corrected chi connectivity index (χ3v) is 4.25. The first kappa shape index (κ1) is 12.1. The molecule has 0 aromatic heterocycles. The second-order valence-corrected chi connectivity index (χ2v) is 10.8. The Bertz CT molecular complexity index is 199. The van der Waals surface area contributed by atoms with Crippen LogP contribution in [0.2, 0.25) is 19.6 Å². The summed E-state index contributed by atoms with van der Waals surface area (Å²) < 4.78 is 21.0. The summed E-state index contributed by atoms with van der Waals surface area (Å²) in [6.07, 6.45) is 0. The van der Waals surface area contributed by atoms with Crippen molar-refractivity contribution >= 4 is 15.7 Å². The van der Waals surface area contributed by atoms with Gasteiger partial charge in [-0.3, -0.25) is 4.57 Å². The van der Waals surface area contributed by atoms with Gasteiger partial charge in [0.1, 0.15) is 0 Å². The average molecular weight is 208 g/mol. The van der Waals surface area contributed by atoms with Gasteiger partial charge in [0.2, 0.25) is 0 Å². The van der Waals surface area contributed by atoms with Crippen LogP contribution in [0, 0.1) is 0 Å². The third-order valence-electron chi connectivity index (χ3n) is 1.27. The standard InChI is InChI=1S/C7H17O3PSi/c1-9-11(8,10-2)6-7-12(3,4)5/h6-7H,1-5H3/b7-6+. The van der Waals surface area contributed by atoms with E-state index in [1.807, 2.05) is 5.70 Å². The second kappa shape index (κ2) is 4.37. The van der Waals surface area contributed by atoms with Crippen molar-refractivity contribution in [1.29, 1.82) is 0 Å². The van der Waals surface area contributed by atoms with E-state index in [0.717, 1.165) is 0 Å². The van der Waals surface area contributed by atoms with Crippen LogP contribution in [-0.4, -0.2) is 22.3 Å². The Morgan fingerprint density at radius 3 is 1.83 bits per heavy atom. The van der Waals surface area contributed by atoms with Crippen LogP contribution in [0.3, 0.4) is 0 Å². The molecule has 72 valence electrons. The van der Waals surface area contributed by atoms with E-state index in [-0.39, 0.29) is 0 Å². The topological polar surface area (TPSA) is 35.5 Å². The smallest absolute Gasteiger partial charge is 0.309 e. The van der Waals surface area contributed by atoms with Gasteiger partial charge in [-0.2, -0.15) is 0 Å². The molecule has 0 atom stereocenters. The zero-order chi connectivity index (χ0) is 9.83. The maximum Gasteiger partial charge on any atom is 0.352 e. The van der Waals surface area contributed by atoms with Crippen molar-refractivity contribution in [3.63, 3.8) is 0 Å². The minimum atomic E-state index is -2.92. The lowest BCUT2D eigenvalue weighted by Gasteiger charge is -2.12. The average Bonchev–Trinajstić information content (AvgIpc) is 1.99. The molecule has 0 aliphatic rings. The Kier molecular flexibility index (Phi) is 4.41. The zero-order valence-electron chi connectivity index (χ0n) is 8.33. The predicted octanol–water partition coefficient (Wildman–Crippen LogP) is 2.86. The van der Waals surface area contributed by atoms with Crippen LogP contribution in [0.15, 0.2) is 11.5 Å². The largest absolute Gasteiger partial charge is 0.352 e. The van der Waals surface area contributed by atoms with Crippen molar-refractivity contribution in [2.24, 2.45) is 0 Å². The molecule has 0 rings (SSSR count). The van der Waals surface area contributed by atoms with Gasteiger partial charge in [-0.25, -0.2) is 0 Å². The molecular weight excluding hydrogens is 191 g/mol. The maximum absolute atomic E-state index is 11.5. The van der Waals surface area contributed by atoms with E-state index in [0.29, 0.717) is 0 Å². The molecule has 5 heteroatoms. The van der Waals surface area contributed by atoms with E-state index in [9.17, 15) is 4.57 Å². The molecule has 0 amide bonds. The van der Waals surface area contributed by atoms with Crippen molar-refractivity contribution in [3.05, 3.63) is 11.5 Å². The van der Waals surface area contributed by atoms with Gasteiger partial charge in [-0.15, -0.1) is 0 Å². The summed E-state index contributed by atoms with van der Waals surface area (Å²) in [5, 5.41) is 0. The molecule has 0 spiro atoms. The van der Waals surface area contributed by atoms with Crippen LogP contribution in [0.25, 0.3) is 0 Å². The van der Waals surface area contributed by atoms with Gasteiger partial charge in [-0.05, 0) is 0 Å². The van der Waals surface area contributed by atoms with Crippen molar-refractivity contribution in [2.75, 3.05) is 14.2 Å². The first-order chi connectivity index (χ1) is 5.33. The van der Waals surface area contributed by atoms with E-state index in [4.69, 9.17) is 9.05 Å². The molecule has 3 nitrogen and oxygen atoms in total. The molecule has 0 aliphatic carbocycles. The van der Waals surface area contributed by atoms with Crippen LogP contribution < -0.4 is 0 Å². The molecule has 0 fully saturated rings. The normalized spacial score (nSPS) is 14.1. The van der Waals surface area contributed by atoms with Gasteiger partial charge in [-0.1, -0.05) is 25.3 Å². The van der Waals surface area contributed by atoms with Crippen LogP contribution in [0.1, 0.15) is 0 Å². The van der Waals surface area contributed by atoms with E-state index in [1.54, 1.807) is 5.82 Å². The van der Waals surface area contributed by atoms with Crippen LogP contribution in [-0.2, 0) is 13.6 Å². The predicted molar refractivity (Wildman–Crippen MR) is 54.1 cm³/mol. The molecule has 0 N–H and O–H groups in total. The summed E-state index contributed by atoms with van der Waals surface area (Å²) in [6.45, 7) is 6.46. The molecular formula is C7H17O3PSi. The third kappa shape index (κ3) is 4.88. The first-order valence-electron chi connectivity index (χ1n) is 3.74. The summed E-state index contributed by atoms with van der Waals surface area (Å²) in [6, 6.07) is 0. The lowest BCUT2D eigenvalue weighted by atomic mass is 11.2. The van der Waals surface area contributed by atoms with Crippen molar-refractivity contribution in [1.82, 2.24) is 0 Å². The van der Waals surface area contributed by atoms with Gasteiger partial charge >= 0.3 is 7.60 Å². The Labute approximate surface area is 75.3 Å². The molecule has 0 aromatic carbocycles. The summed E-state index contributed by atoms with van der Waals surface area (Å²) in [7, 11) is -1.46. The maximum atomic E-state index is 11.5. The van der Waals surface area contributed by atoms with Gasteiger partial charge in [0.15, 0.2) is 0 Å². The summed E-state index contributed by atoms with van der Waals surface area (Å²) >= 11 is 0. The molecule has 0 radical (unpaired) electrons. The highest BCUT2D eigenvalue weighted by Gasteiger charge is 2.18. The highest BCUT2D eigenvalue weighted by Crippen LogP contribution is 2.48. The van der Waals surface area contributed by atoms with Crippen LogP contribution in [0.4, 0.5) is 0 Å². The molecule has 0 aromatic rings. The lowest BCUT2D eigenvalue weighted by molar-refractivity contribution is 0.286. The fourth-order valence-electron chi connectivity index (χ4n) is 0.511. The van der Waals surface area contributed by atoms with Gasteiger partial charge in [0.25, 0.3) is 0 Å². The van der Waals surface area contributed by atoms with Crippen molar-refractivity contribution in [3.8, 4) is 0 Å². The molecule has 0 heterocycles. The van der Waals surface area contributed by atoms with Gasteiger partial charge in [0.05, 0.1) is 8.07 Å². The van der Waals surface area contributed by atoms with Crippen molar-refractivity contribution < 1.29 is 13.6 Å². The monoisotopic (exact) mass is 208 g/mol. The molecule has 0 bridgehead atoms. The molecule has 0 unspecified atom stereocenters. The summed E-state index contributed by atoms with van der Waals surface area (Å²) in [5.41, 5.74) is 1.96. The minimum absolute atomic E-state index is 1.31. The second-order valence-electron chi connectivity index (χ2n) is 3.59. The Hall–Kier alpha value is 0.107. The number of rotatable bonds is 4. The first-order valence-corrected chi connectivity index (χ1v) is 8.93. The minimum Gasteiger partial charge on any atom is -0.309 e. The van der Waals surface area contributed by atoms with Gasteiger partial charge in [0, 0.05) is 20.0 Å². The lowest BCUT2D eigenvalue weighted by Crippen LogP contribution is -2.15. The van der Waals surface area contributed by atoms with Crippen LogP contribution >= 0.6 is 7.60 Å². The molecule has 0 saturated carbocycles. The van der Waals surface area contributed by atoms with Crippen LogP contribution in [0.5, 0.6) is 0 Å². The molecule has 0 aliphatic heterocycles. The van der Waals surface area contributed by atoms with Gasteiger partial charge < -0.3 is 9.05 Å². The fourth-order valence-corrected chi connectivity index (χ4v) is 3.42.